The van der Waals surface area contributed by atoms with E-state index in [2.05, 4.69) is 35.9 Å². The van der Waals surface area contributed by atoms with Crippen molar-refractivity contribution >= 4 is 54.3 Å². The third kappa shape index (κ3) is 5.89. The maximum atomic E-state index is 13.5. The monoisotopic (exact) mass is 603 g/mol. The van der Waals surface area contributed by atoms with Crippen LogP contribution in [0.4, 0.5) is 11.5 Å². The van der Waals surface area contributed by atoms with Crippen LogP contribution in [0.3, 0.4) is 0 Å². The van der Waals surface area contributed by atoms with Gasteiger partial charge in [-0.05, 0) is 61.5 Å². The van der Waals surface area contributed by atoms with E-state index in [9.17, 15) is 13.2 Å². The number of methoxy groups -OCH3 is 1. The molecule has 0 aliphatic heterocycles. The van der Waals surface area contributed by atoms with Gasteiger partial charge in [-0.25, -0.2) is 23.4 Å². The molecule has 0 unspecified atom stereocenters. The van der Waals surface area contributed by atoms with Crippen molar-refractivity contribution < 1.29 is 17.9 Å². The number of ether oxygens (including phenoxy) is 1. The molecule has 0 aliphatic carbocycles. The molecule has 0 fully saturated rings. The number of rotatable bonds is 7. The average Bonchev–Trinajstić information content (AvgIpc) is 2.92. The smallest absolute Gasteiger partial charge is 0.263 e. The molecule has 2 heterocycles. The highest BCUT2D eigenvalue weighted by Gasteiger charge is 2.18. The predicted octanol–water partition coefficient (Wildman–Crippen LogP) is 5.82. The van der Waals surface area contributed by atoms with E-state index >= 15 is 0 Å². The SMILES string of the molecule is COc1cc(NS(=O)(=O)c2ccc(NC(=O)c3cc(-c4cccc(C)c4)nc4ccc(Br)cc34)cc2)ncn1. The van der Waals surface area contributed by atoms with E-state index < -0.39 is 10.0 Å². The fourth-order valence-corrected chi connectivity index (χ4v) is 5.32. The molecule has 3 aromatic carbocycles. The summed E-state index contributed by atoms with van der Waals surface area (Å²) in [7, 11) is -2.51. The molecular formula is C28H22BrN5O4S. The molecule has 0 spiro atoms. The topological polar surface area (TPSA) is 123 Å². The molecule has 9 nitrogen and oxygen atoms in total. The number of fused-ring (bicyclic) bond motifs is 1. The van der Waals surface area contributed by atoms with Gasteiger partial charge < -0.3 is 10.1 Å². The standard InChI is InChI=1S/C28H22BrN5O4S/c1-17-4-3-5-18(12-17)25-14-23(22-13-19(29)6-11-24(22)33-25)28(35)32-20-7-9-21(10-8-20)39(36,37)34-26-15-27(38-2)31-16-30-26/h3-16H,1-2H3,(H,32,35)(H,30,31,34). The van der Waals surface area contributed by atoms with Crippen LogP contribution in [-0.2, 0) is 10.0 Å². The van der Waals surface area contributed by atoms with Gasteiger partial charge in [0.1, 0.15) is 12.1 Å². The Kier molecular flexibility index (Phi) is 7.27. The van der Waals surface area contributed by atoms with Crippen LogP contribution in [0.2, 0.25) is 0 Å². The van der Waals surface area contributed by atoms with E-state index in [1.807, 2.05) is 49.4 Å². The Balaban J connectivity index is 1.42. The maximum Gasteiger partial charge on any atom is 0.263 e. The lowest BCUT2D eigenvalue weighted by atomic mass is 10.0. The normalized spacial score (nSPS) is 11.3. The Hall–Kier alpha value is -4.35. The molecule has 2 N–H and O–H groups in total. The second-order valence-corrected chi connectivity index (χ2v) is 11.2. The van der Waals surface area contributed by atoms with Crippen molar-refractivity contribution in [3.63, 3.8) is 0 Å². The lowest BCUT2D eigenvalue weighted by Gasteiger charge is -2.12. The summed E-state index contributed by atoms with van der Waals surface area (Å²) in [6.45, 7) is 2.00. The van der Waals surface area contributed by atoms with Gasteiger partial charge in [0, 0.05) is 27.2 Å². The number of benzene rings is 3. The summed E-state index contributed by atoms with van der Waals surface area (Å²) >= 11 is 3.48. The summed E-state index contributed by atoms with van der Waals surface area (Å²) in [5, 5.41) is 3.55. The Morgan fingerprint density at radius 3 is 2.49 bits per heavy atom. The zero-order valence-electron chi connectivity index (χ0n) is 20.8. The van der Waals surface area contributed by atoms with Crippen molar-refractivity contribution in [3.05, 3.63) is 101 Å². The fourth-order valence-electron chi connectivity index (χ4n) is 3.96. The number of carbonyl (C=O) groups is 1. The van der Waals surface area contributed by atoms with Gasteiger partial charge in [0.15, 0.2) is 0 Å². The third-order valence-corrected chi connectivity index (χ3v) is 7.71. The number of hydrogen-bond donors (Lipinski definition) is 2. The molecule has 0 saturated carbocycles. The summed E-state index contributed by atoms with van der Waals surface area (Å²) in [4.78, 5) is 26.0. The first kappa shape index (κ1) is 26.3. The molecule has 0 radical (unpaired) electrons. The number of carbonyl (C=O) groups excluding carboxylic acids is 1. The van der Waals surface area contributed by atoms with Crippen LogP contribution in [-0.4, -0.2) is 36.4 Å². The van der Waals surface area contributed by atoms with Gasteiger partial charge in [0.2, 0.25) is 5.88 Å². The van der Waals surface area contributed by atoms with Gasteiger partial charge in [-0.15, -0.1) is 0 Å². The predicted molar refractivity (Wildman–Crippen MR) is 153 cm³/mol. The first-order chi connectivity index (χ1) is 18.7. The van der Waals surface area contributed by atoms with Crippen LogP contribution in [0.5, 0.6) is 5.88 Å². The number of hydrogen-bond acceptors (Lipinski definition) is 7. The van der Waals surface area contributed by atoms with E-state index in [-0.39, 0.29) is 22.5 Å². The van der Waals surface area contributed by atoms with E-state index in [1.54, 1.807) is 6.07 Å². The summed E-state index contributed by atoms with van der Waals surface area (Å²) in [6.07, 6.45) is 1.20. The van der Waals surface area contributed by atoms with Crippen molar-refractivity contribution in [1.29, 1.82) is 0 Å². The van der Waals surface area contributed by atoms with Crippen LogP contribution in [0.15, 0.2) is 94.6 Å². The minimum atomic E-state index is -3.93. The molecule has 1 amide bonds. The summed E-state index contributed by atoms with van der Waals surface area (Å²) in [5.74, 6) is -0.0578. The highest BCUT2D eigenvalue weighted by molar-refractivity contribution is 9.10. The first-order valence-corrected chi connectivity index (χ1v) is 14.0. The number of amides is 1. The van der Waals surface area contributed by atoms with Gasteiger partial charge >= 0.3 is 0 Å². The molecular weight excluding hydrogens is 582 g/mol. The van der Waals surface area contributed by atoms with Crippen molar-refractivity contribution in [2.45, 2.75) is 11.8 Å². The van der Waals surface area contributed by atoms with Crippen molar-refractivity contribution in [1.82, 2.24) is 15.0 Å². The number of nitrogens with one attached hydrogen (secondary N) is 2. The van der Waals surface area contributed by atoms with Crippen molar-refractivity contribution in [2.75, 3.05) is 17.1 Å². The van der Waals surface area contributed by atoms with E-state index in [0.29, 0.717) is 27.8 Å². The zero-order chi connectivity index (χ0) is 27.6. The zero-order valence-corrected chi connectivity index (χ0v) is 23.2. The fraction of sp³-hybridized carbons (Fsp3) is 0.0714. The number of halogens is 1. The van der Waals surface area contributed by atoms with Crippen LogP contribution >= 0.6 is 15.9 Å². The van der Waals surface area contributed by atoms with Gasteiger partial charge in [0.25, 0.3) is 15.9 Å². The number of pyridine rings is 1. The molecule has 11 heteroatoms. The van der Waals surface area contributed by atoms with Crippen LogP contribution in [0, 0.1) is 6.92 Å². The van der Waals surface area contributed by atoms with Crippen molar-refractivity contribution in [3.8, 4) is 17.1 Å². The molecule has 5 aromatic rings. The van der Waals surface area contributed by atoms with Gasteiger partial charge in [-0.3, -0.25) is 9.52 Å². The number of nitrogens with zero attached hydrogens (tertiary/aromatic N) is 3. The Morgan fingerprint density at radius 1 is 0.949 bits per heavy atom. The lowest BCUT2D eigenvalue weighted by molar-refractivity contribution is 0.102. The van der Waals surface area contributed by atoms with E-state index in [1.165, 1.54) is 43.8 Å². The van der Waals surface area contributed by atoms with Crippen molar-refractivity contribution in [2.24, 2.45) is 0 Å². The summed E-state index contributed by atoms with van der Waals surface area (Å²) in [6, 6.07) is 22.5. The highest BCUT2D eigenvalue weighted by Crippen LogP contribution is 2.28. The van der Waals surface area contributed by atoms with E-state index in [4.69, 9.17) is 9.72 Å². The van der Waals surface area contributed by atoms with E-state index in [0.717, 1.165) is 15.6 Å². The second kappa shape index (κ2) is 10.8. The average molecular weight is 604 g/mol. The number of aromatic nitrogens is 3. The van der Waals surface area contributed by atoms with Gasteiger partial charge in [-0.2, -0.15) is 0 Å². The minimum Gasteiger partial charge on any atom is -0.481 e. The molecule has 196 valence electrons. The molecule has 39 heavy (non-hydrogen) atoms. The van der Waals surface area contributed by atoms with Crippen LogP contribution < -0.4 is 14.8 Å². The molecule has 0 atom stereocenters. The molecule has 0 saturated heterocycles. The molecule has 0 bridgehead atoms. The lowest BCUT2D eigenvalue weighted by Crippen LogP contribution is -2.15. The molecule has 0 aliphatic rings. The molecule has 5 rings (SSSR count). The number of sulfonamides is 1. The second-order valence-electron chi connectivity index (χ2n) is 8.62. The van der Waals surface area contributed by atoms with Gasteiger partial charge in [-0.1, -0.05) is 39.7 Å². The third-order valence-electron chi connectivity index (χ3n) is 5.84. The Morgan fingerprint density at radius 2 is 1.74 bits per heavy atom. The summed E-state index contributed by atoms with van der Waals surface area (Å²) in [5.41, 5.74) is 4.20. The Bertz CT molecular complexity index is 1810. The Labute approximate surface area is 233 Å². The quantitative estimate of drug-likeness (QED) is 0.240. The number of aryl methyl sites for hydroxylation is 1. The molecule has 2 aromatic heterocycles. The summed E-state index contributed by atoms with van der Waals surface area (Å²) < 4.78 is 33.8. The maximum absolute atomic E-state index is 13.5. The minimum absolute atomic E-state index is 0.00176. The number of anilines is 2. The van der Waals surface area contributed by atoms with Crippen LogP contribution in [0.1, 0.15) is 15.9 Å². The van der Waals surface area contributed by atoms with Gasteiger partial charge in [0.05, 0.1) is 28.8 Å². The first-order valence-electron chi connectivity index (χ1n) is 11.7. The van der Waals surface area contributed by atoms with Crippen LogP contribution in [0.25, 0.3) is 22.2 Å². The largest absolute Gasteiger partial charge is 0.481 e. The highest BCUT2D eigenvalue weighted by atomic mass is 79.9.